The molecule has 0 bridgehead atoms. The number of anilines is 2. The molecule has 2 aromatic rings. The lowest BCUT2D eigenvalue weighted by molar-refractivity contribution is -0.137. The summed E-state index contributed by atoms with van der Waals surface area (Å²) in [6.45, 7) is 3.16. The van der Waals surface area contributed by atoms with Crippen molar-refractivity contribution < 1.29 is 22.8 Å². The smallest absolute Gasteiger partial charge is 0.325 e. The predicted octanol–water partition coefficient (Wildman–Crippen LogP) is 3.86. The van der Waals surface area contributed by atoms with Gasteiger partial charge in [0.2, 0.25) is 11.8 Å². The van der Waals surface area contributed by atoms with E-state index in [1.807, 2.05) is 6.92 Å². The molecule has 0 aliphatic heterocycles. The van der Waals surface area contributed by atoms with Crippen LogP contribution in [0.4, 0.5) is 24.5 Å². The van der Waals surface area contributed by atoms with Gasteiger partial charge in [-0.15, -0.1) is 11.3 Å². The highest BCUT2D eigenvalue weighted by atomic mass is 32.1. The zero-order valence-electron chi connectivity index (χ0n) is 13.5. The van der Waals surface area contributed by atoms with Crippen molar-refractivity contribution in [3.05, 3.63) is 39.8 Å². The van der Waals surface area contributed by atoms with Crippen LogP contribution in [0.25, 0.3) is 0 Å². The van der Waals surface area contributed by atoms with E-state index in [9.17, 15) is 22.8 Å². The topological polar surface area (TPSA) is 71.1 Å². The van der Waals surface area contributed by atoms with Gasteiger partial charge in [0.05, 0.1) is 34.1 Å². The number of aryl methyl sites for hydroxylation is 1. The van der Waals surface area contributed by atoms with Gasteiger partial charge >= 0.3 is 6.18 Å². The second-order valence-electron chi connectivity index (χ2n) is 5.25. The molecule has 2 amide bonds. The maximum absolute atomic E-state index is 12.9. The van der Waals surface area contributed by atoms with Gasteiger partial charge in [-0.25, -0.2) is 4.98 Å². The highest BCUT2D eigenvalue weighted by molar-refractivity contribution is 7.09. The van der Waals surface area contributed by atoms with E-state index in [1.54, 1.807) is 5.38 Å². The number of thiazole rings is 1. The maximum atomic E-state index is 12.9. The molecule has 0 aliphatic carbocycles. The largest absolute Gasteiger partial charge is 0.416 e. The fourth-order valence-electron chi connectivity index (χ4n) is 2.07. The van der Waals surface area contributed by atoms with Crippen LogP contribution in [0.1, 0.15) is 30.1 Å². The van der Waals surface area contributed by atoms with Crippen LogP contribution < -0.4 is 10.6 Å². The zero-order chi connectivity index (χ0) is 18.6. The Bertz CT molecular complexity index is 787. The Morgan fingerprint density at radius 3 is 2.48 bits per heavy atom. The molecule has 5 nitrogen and oxygen atoms in total. The lowest BCUT2D eigenvalue weighted by Crippen LogP contribution is -2.18. The third-order valence-corrected chi connectivity index (χ3v) is 4.22. The van der Waals surface area contributed by atoms with Crippen LogP contribution in [0, 0.1) is 0 Å². The number of amides is 2. The summed E-state index contributed by atoms with van der Waals surface area (Å²) in [5.74, 6) is -0.971. The Balaban J connectivity index is 2.22. The van der Waals surface area contributed by atoms with Crippen molar-refractivity contribution in [2.45, 2.75) is 32.9 Å². The second-order valence-corrected chi connectivity index (χ2v) is 6.19. The van der Waals surface area contributed by atoms with Crippen molar-refractivity contribution in [1.29, 1.82) is 0 Å². The summed E-state index contributed by atoms with van der Waals surface area (Å²) in [5.41, 5.74) is -0.381. The van der Waals surface area contributed by atoms with Crippen LogP contribution >= 0.6 is 11.3 Å². The number of carbonyl (C=O) groups is 2. The van der Waals surface area contributed by atoms with Crippen molar-refractivity contribution >= 4 is 34.5 Å². The van der Waals surface area contributed by atoms with Crippen LogP contribution in [0.2, 0.25) is 0 Å². The van der Waals surface area contributed by atoms with Crippen molar-refractivity contribution in [2.75, 3.05) is 10.6 Å². The van der Waals surface area contributed by atoms with E-state index < -0.39 is 23.6 Å². The number of carbonyl (C=O) groups excluding carboxylic acids is 2. The van der Waals surface area contributed by atoms with Crippen molar-refractivity contribution in [3.8, 4) is 0 Å². The van der Waals surface area contributed by atoms with E-state index >= 15 is 0 Å². The summed E-state index contributed by atoms with van der Waals surface area (Å²) in [6.07, 6.45) is -3.88. The summed E-state index contributed by atoms with van der Waals surface area (Å²) in [4.78, 5) is 27.6. The molecule has 0 fully saturated rings. The van der Waals surface area contributed by atoms with E-state index in [0.29, 0.717) is 5.69 Å². The fourth-order valence-corrected chi connectivity index (χ4v) is 2.82. The first-order valence-corrected chi connectivity index (χ1v) is 8.29. The first-order valence-electron chi connectivity index (χ1n) is 7.41. The number of hydrogen-bond acceptors (Lipinski definition) is 4. The molecule has 9 heteroatoms. The van der Waals surface area contributed by atoms with Gasteiger partial charge in [-0.2, -0.15) is 13.2 Å². The van der Waals surface area contributed by atoms with Crippen molar-refractivity contribution in [1.82, 2.24) is 4.98 Å². The second kappa shape index (κ2) is 7.64. The molecule has 0 atom stereocenters. The number of nitrogens with zero attached hydrogens (tertiary/aromatic N) is 1. The van der Waals surface area contributed by atoms with Gasteiger partial charge < -0.3 is 10.6 Å². The molecule has 0 saturated heterocycles. The standard InChI is InChI=1S/C16H16F3N3O2S/c1-3-15-21-11(8-25-15)7-14(24)22-13-6-10(16(17,18)19)4-5-12(13)20-9(2)23/h4-6,8H,3,7H2,1-2H3,(H,20,23)(H,22,24). The number of nitrogens with one attached hydrogen (secondary N) is 2. The number of alkyl halides is 3. The number of benzene rings is 1. The molecule has 2 rings (SSSR count). The van der Waals surface area contributed by atoms with Gasteiger partial charge in [0, 0.05) is 12.3 Å². The first kappa shape index (κ1) is 18.9. The minimum absolute atomic E-state index is 0.0632. The summed E-state index contributed by atoms with van der Waals surface area (Å²) < 4.78 is 38.6. The van der Waals surface area contributed by atoms with Crippen molar-refractivity contribution in [2.24, 2.45) is 0 Å². The molecule has 0 aliphatic rings. The number of rotatable bonds is 5. The molecule has 0 radical (unpaired) electrons. The van der Waals surface area contributed by atoms with Crippen LogP contribution in [0.15, 0.2) is 23.6 Å². The molecule has 1 heterocycles. The Labute approximate surface area is 146 Å². The van der Waals surface area contributed by atoms with Gasteiger partial charge in [0.25, 0.3) is 0 Å². The molecule has 0 spiro atoms. The molecular formula is C16H16F3N3O2S. The SMILES string of the molecule is CCc1nc(CC(=O)Nc2cc(C(F)(F)F)ccc2NC(C)=O)cs1. The van der Waals surface area contributed by atoms with Gasteiger partial charge in [-0.3, -0.25) is 9.59 Å². The zero-order valence-corrected chi connectivity index (χ0v) is 14.3. The van der Waals surface area contributed by atoms with Crippen molar-refractivity contribution in [3.63, 3.8) is 0 Å². The molecule has 134 valence electrons. The van der Waals surface area contributed by atoms with E-state index in [2.05, 4.69) is 15.6 Å². The number of hydrogen-bond donors (Lipinski definition) is 2. The van der Waals surface area contributed by atoms with Gasteiger partial charge in [0.1, 0.15) is 0 Å². The van der Waals surface area contributed by atoms with Crippen LogP contribution in [-0.4, -0.2) is 16.8 Å². The van der Waals surface area contributed by atoms with Crippen LogP contribution in [0.3, 0.4) is 0 Å². The quantitative estimate of drug-likeness (QED) is 0.838. The average molecular weight is 371 g/mol. The minimum atomic E-state index is -4.56. The molecule has 0 saturated carbocycles. The number of halogens is 3. The summed E-state index contributed by atoms with van der Waals surface area (Å²) >= 11 is 1.42. The molecule has 2 N–H and O–H groups in total. The van der Waals surface area contributed by atoms with E-state index in [-0.39, 0.29) is 17.8 Å². The third-order valence-electron chi connectivity index (χ3n) is 3.18. The third kappa shape index (κ3) is 5.28. The van der Waals surface area contributed by atoms with E-state index in [1.165, 1.54) is 18.3 Å². The number of aromatic nitrogens is 1. The normalized spacial score (nSPS) is 11.2. The Morgan fingerprint density at radius 1 is 1.20 bits per heavy atom. The molecular weight excluding hydrogens is 355 g/mol. The van der Waals surface area contributed by atoms with Gasteiger partial charge in [-0.1, -0.05) is 6.92 Å². The lowest BCUT2D eigenvalue weighted by atomic mass is 10.1. The Kier molecular flexibility index (Phi) is 5.78. The minimum Gasteiger partial charge on any atom is -0.325 e. The highest BCUT2D eigenvalue weighted by Crippen LogP contribution is 2.34. The summed E-state index contributed by atoms with van der Waals surface area (Å²) in [5, 5.41) is 7.43. The molecule has 25 heavy (non-hydrogen) atoms. The lowest BCUT2D eigenvalue weighted by Gasteiger charge is -2.14. The Morgan fingerprint density at radius 2 is 1.92 bits per heavy atom. The summed E-state index contributed by atoms with van der Waals surface area (Å²) in [7, 11) is 0. The van der Waals surface area contributed by atoms with Crippen LogP contribution in [-0.2, 0) is 28.6 Å². The predicted molar refractivity (Wildman–Crippen MR) is 89.6 cm³/mol. The van der Waals surface area contributed by atoms with Gasteiger partial charge in [-0.05, 0) is 24.6 Å². The monoisotopic (exact) mass is 371 g/mol. The Hall–Kier alpha value is -2.42. The van der Waals surface area contributed by atoms with Crippen LogP contribution in [0.5, 0.6) is 0 Å². The van der Waals surface area contributed by atoms with E-state index in [4.69, 9.17) is 0 Å². The van der Waals surface area contributed by atoms with E-state index in [0.717, 1.165) is 29.6 Å². The first-order chi connectivity index (χ1) is 11.7. The summed E-state index contributed by atoms with van der Waals surface area (Å²) in [6, 6.07) is 2.74. The molecule has 1 aromatic carbocycles. The fraction of sp³-hybridized carbons (Fsp3) is 0.312. The highest BCUT2D eigenvalue weighted by Gasteiger charge is 2.31. The molecule has 1 aromatic heterocycles. The maximum Gasteiger partial charge on any atom is 0.416 e. The van der Waals surface area contributed by atoms with Gasteiger partial charge in [0.15, 0.2) is 0 Å². The molecule has 0 unspecified atom stereocenters. The average Bonchev–Trinajstić information content (AvgIpc) is 2.95.